The summed E-state index contributed by atoms with van der Waals surface area (Å²) in [5.41, 5.74) is 1.73. The van der Waals surface area contributed by atoms with Crippen molar-refractivity contribution in [3.8, 4) is 0 Å². The molecule has 0 saturated heterocycles. The number of hydrogen-bond acceptors (Lipinski definition) is 3. The van der Waals surface area contributed by atoms with E-state index in [4.69, 9.17) is 0 Å². The molecule has 0 radical (unpaired) electrons. The van der Waals surface area contributed by atoms with Crippen molar-refractivity contribution in [2.75, 3.05) is 0 Å². The summed E-state index contributed by atoms with van der Waals surface area (Å²) in [7, 11) is -3.60. The number of aromatic nitrogens is 1. The molecule has 2 aromatic rings. The van der Waals surface area contributed by atoms with Gasteiger partial charge in [0.25, 0.3) is 0 Å². The molecule has 21 heavy (non-hydrogen) atoms. The summed E-state index contributed by atoms with van der Waals surface area (Å²) in [4.78, 5) is 4.37. The first-order valence-corrected chi connectivity index (χ1v) is 8.22. The minimum absolute atomic E-state index is 0.319. The van der Waals surface area contributed by atoms with Crippen LogP contribution in [0.4, 0.5) is 0 Å². The number of hydrogen-bond donors (Lipinski definition) is 1. The van der Waals surface area contributed by atoms with Crippen LogP contribution >= 0.6 is 0 Å². The third-order valence-corrected chi connectivity index (χ3v) is 5.20. The minimum Gasteiger partial charge on any atom is -0.264 e. The zero-order valence-electron chi connectivity index (χ0n) is 12.7. The molecule has 1 heterocycles. The van der Waals surface area contributed by atoms with E-state index in [1.54, 1.807) is 31.5 Å². The zero-order chi connectivity index (χ0) is 15.7. The molecule has 0 fully saturated rings. The maximum atomic E-state index is 12.7. The topological polar surface area (TPSA) is 59.1 Å². The Bertz CT molecular complexity index is 738. The third-order valence-electron chi connectivity index (χ3n) is 3.41. The van der Waals surface area contributed by atoms with Gasteiger partial charge in [-0.05, 0) is 56.5 Å². The molecule has 0 amide bonds. The number of benzene rings is 1. The number of nitrogens with one attached hydrogen (secondary N) is 1. The van der Waals surface area contributed by atoms with Crippen LogP contribution in [0.3, 0.4) is 0 Å². The molecule has 0 saturated carbocycles. The molecule has 5 heteroatoms. The van der Waals surface area contributed by atoms with E-state index in [1.165, 1.54) is 0 Å². The highest BCUT2D eigenvalue weighted by Crippen LogP contribution is 2.24. The molecule has 0 atom stereocenters. The lowest BCUT2D eigenvalue weighted by Crippen LogP contribution is -2.41. The largest absolute Gasteiger partial charge is 0.264 e. The van der Waals surface area contributed by atoms with Crippen LogP contribution in [0.25, 0.3) is 0 Å². The second kappa shape index (κ2) is 5.58. The van der Waals surface area contributed by atoms with Gasteiger partial charge in [-0.25, -0.2) is 13.1 Å². The predicted molar refractivity (Wildman–Crippen MR) is 83.5 cm³/mol. The molecule has 0 bridgehead atoms. The molecule has 0 aliphatic heterocycles. The number of rotatable bonds is 4. The van der Waals surface area contributed by atoms with Gasteiger partial charge in [0, 0.05) is 12.4 Å². The predicted octanol–water partition coefficient (Wildman–Crippen LogP) is 2.91. The lowest BCUT2D eigenvalue weighted by atomic mass is 9.98. The maximum Gasteiger partial charge on any atom is 0.241 e. The van der Waals surface area contributed by atoms with Crippen molar-refractivity contribution in [1.29, 1.82) is 0 Å². The molecule has 4 nitrogen and oxygen atoms in total. The summed E-state index contributed by atoms with van der Waals surface area (Å²) in [6.45, 7) is 7.33. The zero-order valence-corrected chi connectivity index (χ0v) is 13.5. The number of aryl methyl sites for hydroxylation is 2. The Morgan fingerprint density at radius 2 is 1.86 bits per heavy atom. The Kier molecular flexibility index (Phi) is 4.16. The highest BCUT2D eigenvalue weighted by atomic mass is 32.2. The Hall–Kier alpha value is -1.72. The molecule has 1 N–H and O–H groups in total. The quantitative estimate of drug-likeness (QED) is 0.945. The molecule has 0 aliphatic carbocycles. The fraction of sp³-hybridized carbons (Fsp3) is 0.312. The highest BCUT2D eigenvalue weighted by molar-refractivity contribution is 7.89. The Balaban J connectivity index is 2.40. The van der Waals surface area contributed by atoms with Crippen LogP contribution in [-0.2, 0) is 15.6 Å². The summed E-state index contributed by atoms with van der Waals surface area (Å²) in [6.07, 6.45) is 3.34. The van der Waals surface area contributed by atoms with E-state index in [0.29, 0.717) is 4.90 Å². The Labute approximate surface area is 126 Å². The molecule has 2 rings (SSSR count). The minimum atomic E-state index is -3.60. The lowest BCUT2D eigenvalue weighted by Gasteiger charge is -2.26. The van der Waals surface area contributed by atoms with Crippen molar-refractivity contribution in [3.05, 3.63) is 59.4 Å². The first kappa shape index (κ1) is 15.7. The summed E-state index contributed by atoms with van der Waals surface area (Å²) in [6, 6.07) is 9.07. The van der Waals surface area contributed by atoms with Crippen LogP contribution in [0, 0.1) is 13.8 Å². The molecule has 1 aromatic carbocycles. The van der Waals surface area contributed by atoms with Gasteiger partial charge in [0.2, 0.25) is 10.0 Å². The average molecular weight is 304 g/mol. The molecule has 0 spiro atoms. The van der Waals surface area contributed by atoms with Gasteiger partial charge in [-0.2, -0.15) is 0 Å². The van der Waals surface area contributed by atoms with Crippen LogP contribution in [0.15, 0.2) is 47.6 Å². The fourth-order valence-corrected chi connectivity index (χ4v) is 3.91. The van der Waals surface area contributed by atoms with Gasteiger partial charge in [-0.1, -0.05) is 18.2 Å². The number of nitrogens with zero attached hydrogens (tertiary/aromatic N) is 1. The Morgan fingerprint density at radius 3 is 2.48 bits per heavy atom. The van der Waals surface area contributed by atoms with Gasteiger partial charge < -0.3 is 0 Å². The summed E-state index contributed by atoms with van der Waals surface area (Å²) >= 11 is 0. The van der Waals surface area contributed by atoms with E-state index < -0.39 is 15.6 Å². The molecule has 0 aliphatic rings. The lowest BCUT2D eigenvalue weighted by molar-refractivity contribution is 0.470. The Morgan fingerprint density at radius 1 is 1.14 bits per heavy atom. The molecule has 112 valence electrons. The van der Waals surface area contributed by atoms with E-state index in [2.05, 4.69) is 9.71 Å². The van der Waals surface area contributed by atoms with Crippen LogP contribution in [0.1, 0.15) is 30.5 Å². The third kappa shape index (κ3) is 3.49. The van der Waals surface area contributed by atoms with Crippen molar-refractivity contribution in [1.82, 2.24) is 9.71 Å². The molecule has 0 unspecified atom stereocenters. The normalized spacial score (nSPS) is 12.4. The van der Waals surface area contributed by atoms with Crippen LogP contribution in [0.5, 0.6) is 0 Å². The molecule has 1 aromatic heterocycles. The van der Waals surface area contributed by atoms with Crippen molar-refractivity contribution in [3.63, 3.8) is 0 Å². The van der Waals surface area contributed by atoms with E-state index >= 15 is 0 Å². The second-order valence-corrected chi connectivity index (χ2v) is 7.39. The molecular formula is C16H20N2O2S. The van der Waals surface area contributed by atoms with Gasteiger partial charge in [0.05, 0.1) is 10.4 Å². The van der Waals surface area contributed by atoms with Crippen LogP contribution < -0.4 is 4.72 Å². The first-order valence-electron chi connectivity index (χ1n) is 6.74. The smallest absolute Gasteiger partial charge is 0.241 e. The summed E-state index contributed by atoms with van der Waals surface area (Å²) in [5.74, 6) is 0. The molecular weight excluding hydrogens is 284 g/mol. The van der Waals surface area contributed by atoms with E-state index in [-0.39, 0.29) is 0 Å². The van der Waals surface area contributed by atoms with E-state index in [9.17, 15) is 8.42 Å². The maximum absolute atomic E-state index is 12.7. The number of sulfonamides is 1. The highest BCUT2D eigenvalue weighted by Gasteiger charge is 2.29. The number of pyridine rings is 1. The monoisotopic (exact) mass is 304 g/mol. The van der Waals surface area contributed by atoms with E-state index in [1.807, 2.05) is 39.0 Å². The first-order chi connectivity index (χ1) is 9.72. The van der Waals surface area contributed by atoms with E-state index in [0.717, 1.165) is 16.7 Å². The van der Waals surface area contributed by atoms with Gasteiger partial charge in [-0.15, -0.1) is 0 Å². The second-order valence-electron chi connectivity index (χ2n) is 5.74. The van der Waals surface area contributed by atoms with Crippen molar-refractivity contribution >= 4 is 10.0 Å². The van der Waals surface area contributed by atoms with Crippen molar-refractivity contribution in [2.24, 2.45) is 0 Å². The van der Waals surface area contributed by atoms with Gasteiger partial charge in [0.1, 0.15) is 0 Å². The van der Waals surface area contributed by atoms with Crippen LogP contribution in [-0.4, -0.2) is 13.4 Å². The van der Waals surface area contributed by atoms with Gasteiger partial charge in [0.15, 0.2) is 0 Å². The van der Waals surface area contributed by atoms with Crippen molar-refractivity contribution < 1.29 is 8.42 Å². The standard InChI is InChI=1S/C16H20N2O2S/c1-12-7-8-13(2)15(10-12)21(19,20)18-16(3,4)14-6-5-9-17-11-14/h5-11,18H,1-4H3. The van der Waals surface area contributed by atoms with Gasteiger partial charge >= 0.3 is 0 Å². The summed E-state index contributed by atoms with van der Waals surface area (Å²) in [5, 5.41) is 0. The van der Waals surface area contributed by atoms with Crippen molar-refractivity contribution in [2.45, 2.75) is 38.1 Å². The average Bonchev–Trinajstić information content (AvgIpc) is 2.41. The van der Waals surface area contributed by atoms with Crippen LogP contribution in [0.2, 0.25) is 0 Å². The fourth-order valence-electron chi connectivity index (χ4n) is 2.18. The summed E-state index contributed by atoms with van der Waals surface area (Å²) < 4.78 is 28.1. The SMILES string of the molecule is Cc1ccc(C)c(S(=O)(=O)NC(C)(C)c2cccnc2)c1. The van der Waals surface area contributed by atoms with Gasteiger partial charge in [-0.3, -0.25) is 4.98 Å².